The molecule has 1 saturated heterocycles. The second kappa shape index (κ2) is 7.57. The highest BCUT2D eigenvalue weighted by Gasteiger charge is 2.24. The van der Waals surface area contributed by atoms with Crippen LogP contribution < -0.4 is 4.90 Å². The fourth-order valence-corrected chi connectivity index (χ4v) is 3.54. The summed E-state index contributed by atoms with van der Waals surface area (Å²) >= 11 is 3.31. The highest BCUT2D eigenvalue weighted by Crippen LogP contribution is 2.23. The Morgan fingerprint density at radius 1 is 1.33 bits per heavy atom. The lowest BCUT2D eigenvalue weighted by Crippen LogP contribution is -2.46. The number of aryl methyl sites for hydroxylation is 1. The molecule has 1 aromatic carbocycles. The standard InChI is InChI=1S/C18H22BrFN4/c1-13-8-18(22-12-21-13)23(2)16-4-3-7-24(11-16)10-14-5-6-15(19)9-17(14)20/h5-6,8-9,12,16H,3-4,7,10-11H2,1-2H3. The average Bonchev–Trinajstić information content (AvgIpc) is 2.57. The summed E-state index contributed by atoms with van der Waals surface area (Å²) in [5, 5.41) is 0. The Kier molecular flexibility index (Phi) is 5.46. The van der Waals surface area contributed by atoms with Gasteiger partial charge in [0.2, 0.25) is 0 Å². The number of halogens is 2. The van der Waals surface area contributed by atoms with Crippen LogP contribution in [0.5, 0.6) is 0 Å². The molecule has 1 unspecified atom stereocenters. The molecule has 128 valence electrons. The molecule has 6 heteroatoms. The summed E-state index contributed by atoms with van der Waals surface area (Å²) < 4.78 is 14.9. The molecule has 1 aliphatic rings. The van der Waals surface area contributed by atoms with E-state index in [4.69, 9.17) is 0 Å². The predicted octanol–water partition coefficient (Wildman–Crippen LogP) is 3.79. The van der Waals surface area contributed by atoms with Crippen LogP contribution in [0.1, 0.15) is 24.1 Å². The van der Waals surface area contributed by atoms with E-state index in [1.807, 2.05) is 25.1 Å². The van der Waals surface area contributed by atoms with Gasteiger partial charge in [0.05, 0.1) is 0 Å². The van der Waals surface area contributed by atoms with Crippen molar-refractivity contribution < 1.29 is 4.39 Å². The minimum atomic E-state index is -0.147. The van der Waals surface area contributed by atoms with Gasteiger partial charge in [-0.2, -0.15) is 0 Å². The topological polar surface area (TPSA) is 32.3 Å². The number of piperidine rings is 1. The van der Waals surface area contributed by atoms with Gasteiger partial charge in [0, 0.05) is 48.0 Å². The third kappa shape index (κ3) is 4.11. The zero-order valence-corrected chi connectivity index (χ0v) is 15.6. The number of hydrogen-bond donors (Lipinski definition) is 0. The Hall–Kier alpha value is -1.53. The maximum Gasteiger partial charge on any atom is 0.132 e. The second-order valence-corrected chi connectivity index (χ2v) is 7.31. The number of benzene rings is 1. The fraction of sp³-hybridized carbons (Fsp3) is 0.444. The molecule has 4 nitrogen and oxygen atoms in total. The Labute approximate surface area is 150 Å². The van der Waals surface area contributed by atoms with Crippen LogP contribution in [0, 0.1) is 12.7 Å². The van der Waals surface area contributed by atoms with Gasteiger partial charge in [-0.05, 0) is 38.4 Å². The van der Waals surface area contributed by atoms with E-state index >= 15 is 0 Å². The molecule has 0 spiro atoms. The fourth-order valence-electron chi connectivity index (χ4n) is 3.20. The van der Waals surface area contributed by atoms with Gasteiger partial charge in [-0.3, -0.25) is 4.90 Å². The maximum absolute atomic E-state index is 14.1. The van der Waals surface area contributed by atoms with Crippen molar-refractivity contribution in [3.8, 4) is 0 Å². The molecule has 1 fully saturated rings. The molecule has 0 bridgehead atoms. The number of likely N-dealkylation sites (tertiary alicyclic amines) is 1. The Morgan fingerprint density at radius 3 is 2.92 bits per heavy atom. The Balaban J connectivity index is 1.67. The van der Waals surface area contributed by atoms with Gasteiger partial charge in [-0.25, -0.2) is 14.4 Å². The Bertz CT molecular complexity index is 709. The van der Waals surface area contributed by atoms with E-state index in [0.717, 1.165) is 47.5 Å². The third-order valence-corrected chi connectivity index (χ3v) is 5.08. The van der Waals surface area contributed by atoms with Crippen molar-refractivity contribution >= 4 is 21.7 Å². The van der Waals surface area contributed by atoms with Gasteiger partial charge >= 0.3 is 0 Å². The van der Waals surface area contributed by atoms with Crippen LogP contribution in [0.3, 0.4) is 0 Å². The molecule has 1 aromatic heterocycles. The molecule has 0 aliphatic carbocycles. The van der Waals surface area contributed by atoms with Crippen molar-refractivity contribution in [1.29, 1.82) is 0 Å². The first-order valence-corrected chi connectivity index (χ1v) is 9.00. The summed E-state index contributed by atoms with van der Waals surface area (Å²) in [7, 11) is 2.08. The molecular formula is C18H22BrFN4. The summed E-state index contributed by atoms with van der Waals surface area (Å²) in [6.07, 6.45) is 3.84. The third-order valence-electron chi connectivity index (χ3n) is 4.59. The van der Waals surface area contributed by atoms with Gasteiger partial charge < -0.3 is 4.90 Å². The summed E-state index contributed by atoms with van der Waals surface area (Å²) in [5.74, 6) is 0.801. The van der Waals surface area contributed by atoms with Crippen molar-refractivity contribution in [1.82, 2.24) is 14.9 Å². The normalized spacial score (nSPS) is 18.6. The summed E-state index contributed by atoms with van der Waals surface area (Å²) in [6.45, 7) is 4.53. The molecule has 0 N–H and O–H groups in total. The zero-order valence-electron chi connectivity index (χ0n) is 14.0. The molecule has 3 rings (SSSR count). The number of nitrogens with zero attached hydrogens (tertiary/aromatic N) is 4. The largest absolute Gasteiger partial charge is 0.355 e. The smallest absolute Gasteiger partial charge is 0.132 e. The van der Waals surface area contributed by atoms with Crippen molar-refractivity contribution in [2.45, 2.75) is 32.4 Å². The summed E-state index contributed by atoms with van der Waals surface area (Å²) in [4.78, 5) is 13.1. The van der Waals surface area contributed by atoms with Crippen molar-refractivity contribution in [3.05, 3.63) is 52.1 Å². The molecule has 1 aliphatic heterocycles. The van der Waals surface area contributed by atoms with Crippen LogP contribution in [0.2, 0.25) is 0 Å². The lowest BCUT2D eigenvalue weighted by atomic mass is 10.0. The zero-order chi connectivity index (χ0) is 17.1. The SMILES string of the molecule is Cc1cc(N(C)C2CCCN(Cc3ccc(Br)cc3F)C2)ncn1. The molecular weight excluding hydrogens is 371 g/mol. The summed E-state index contributed by atoms with van der Waals surface area (Å²) in [6, 6.07) is 7.68. The van der Waals surface area contributed by atoms with Crippen LogP contribution in [-0.2, 0) is 6.54 Å². The Morgan fingerprint density at radius 2 is 2.17 bits per heavy atom. The van der Waals surface area contributed by atoms with Crippen LogP contribution in [0.25, 0.3) is 0 Å². The minimum Gasteiger partial charge on any atom is -0.355 e. The van der Waals surface area contributed by atoms with Crippen molar-refractivity contribution in [3.63, 3.8) is 0 Å². The molecule has 24 heavy (non-hydrogen) atoms. The first-order chi connectivity index (χ1) is 11.5. The van der Waals surface area contributed by atoms with Gasteiger partial charge in [0.15, 0.2) is 0 Å². The van der Waals surface area contributed by atoms with E-state index in [1.54, 1.807) is 6.33 Å². The van der Waals surface area contributed by atoms with E-state index < -0.39 is 0 Å². The number of anilines is 1. The quantitative estimate of drug-likeness (QED) is 0.792. The van der Waals surface area contributed by atoms with E-state index in [9.17, 15) is 4.39 Å². The highest BCUT2D eigenvalue weighted by atomic mass is 79.9. The average molecular weight is 393 g/mol. The van der Waals surface area contributed by atoms with E-state index in [2.05, 4.69) is 42.7 Å². The molecule has 0 radical (unpaired) electrons. The van der Waals surface area contributed by atoms with Gasteiger partial charge in [0.1, 0.15) is 18.0 Å². The van der Waals surface area contributed by atoms with Crippen molar-refractivity contribution in [2.75, 3.05) is 25.0 Å². The van der Waals surface area contributed by atoms with Gasteiger partial charge in [0.25, 0.3) is 0 Å². The van der Waals surface area contributed by atoms with E-state index in [1.165, 1.54) is 6.07 Å². The minimum absolute atomic E-state index is 0.147. The number of rotatable bonds is 4. The van der Waals surface area contributed by atoms with Gasteiger partial charge in [-0.15, -0.1) is 0 Å². The van der Waals surface area contributed by atoms with Crippen LogP contribution >= 0.6 is 15.9 Å². The molecule has 2 aromatic rings. The lowest BCUT2D eigenvalue weighted by molar-refractivity contribution is 0.196. The highest BCUT2D eigenvalue weighted by molar-refractivity contribution is 9.10. The molecule has 0 amide bonds. The molecule has 1 atom stereocenters. The lowest BCUT2D eigenvalue weighted by Gasteiger charge is -2.38. The number of hydrogen-bond acceptors (Lipinski definition) is 4. The van der Waals surface area contributed by atoms with Crippen LogP contribution in [0.4, 0.5) is 10.2 Å². The first-order valence-electron chi connectivity index (χ1n) is 8.20. The maximum atomic E-state index is 14.1. The van der Waals surface area contributed by atoms with Gasteiger partial charge in [-0.1, -0.05) is 22.0 Å². The molecule has 2 heterocycles. The summed E-state index contributed by atoms with van der Waals surface area (Å²) in [5.41, 5.74) is 1.72. The van der Waals surface area contributed by atoms with E-state index in [0.29, 0.717) is 12.6 Å². The van der Waals surface area contributed by atoms with Crippen molar-refractivity contribution in [2.24, 2.45) is 0 Å². The monoisotopic (exact) mass is 392 g/mol. The van der Waals surface area contributed by atoms with Crippen LogP contribution in [0.15, 0.2) is 35.1 Å². The second-order valence-electron chi connectivity index (χ2n) is 6.40. The van der Waals surface area contributed by atoms with Crippen LogP contribution in [-0.4, -0.2) is 41.0 Å². The molecule has 0 saturated carbocycles. The number of aromatic nitrogens is 2. The first kappa shape index (κ1) is 17.3. The predicted molar refractivity (Wildman–Crippen MR) is 97.6 cm³/mol. The number of likely N-dealkylation sites (N-methyl/N-ethyl adjacent to an activating group) is 1. The van der Waals surface area contributed by atoms with E-state index in [-0.39, 0.29) is 5.82 Å².